The lowest BCUT2D eigenvalue weighted by Gasteiger charge is -2.28. The molecule has 110 valence electrons. The van der Waals surface area contributed by atoms with Crippen molar-refractivity contribution in [3.05, 3.63) is 23.8 Å². The van der Waals surface area contributed by atoms with Crippen LogP contribution < -0.4 is 11.1 Å². The summed E-state index contributed by atoms with van der Waals surface area (Å²) in [5.41, 5.74) is 8.06. The van der Waals surface area contributed by atoms with E-state index in [0.717, 1.165) is 11.6 Å². The monoisotopic (exact) mass is 276 g/mol. The molecule has 1 aliphatic rings. The van der Waals surface area contributed by atoms with Gasteiger partial charge in [-0.3, -0.25) is 0 Å². The number of benzene rings is 1. The van der Waals surface area contributed by atoms with Crippen molar-refractivity contribution in [2.75, 3.05) is 17.7 Å². The van der Waals surface area contributed by atoms with Gasteiger partial charge >= 0.3 is 5.97 Å². The SMILES string of the molecule is CCOC(=O)c1ccc(NC2CCC(C)CC2)c(N)c1. The van der Waals surface area contributed by atoms with Crippen molar-refractivity contribution in [1.82, 2.24) is 0 Å². The third kappa shape index (κ3) is 3.65. The van der Waals surface area contributed by atoms with Crippen LogP contribution in [-0.2, 0) is 4.74 Å². The average Bonchev–Trinajstić information content (AvgIpc) is 2.43. The molecule has 0 bridgehead atoms. The molecule has 1 aromatic carbocycles. The van der Waals surface area contributed by atoms with E-state index in [-0.39, 0.29) is 5.97 Å². The van der Waals surface area contributed by atoms with E-state index in [1.807, 2.05) is 6.07 Å². The lowest BCUT2D eigenvalue weighted by molar-refractivity contribution is 0.0526. The van der Waals surface area contributed by atoms with Gasteiger partial charge in [0.05, 0.1) is 23.5 Å². The molecule has 1 saturated carbocycles. The summed E-state index contributed by atoms with van der Waals surface area (Å²) in [5, 5.41) is 3.49. The van der Waals surface area contributed by atoms with Gasteiger partial charge < -0.3 is 15.8 Å². The first-order valence-corrected chi connectivity index (χ1v) is 7.43. The van der Waals surface area contributed by atoms with Gasteiger partial charge in [-0.15, -0.1) is 0 Å². The van der Waals surface area contributed by atoms with Crippen LogP contribution in [0.2, 0.25) is 0 Å². The fraction of sp³-hybridized carbons (Fsp3) is 0.562. The summed E-state index contributed by atoms with van der Waals surface area (Å²) in [6.07, 6.45) is 4.89. The van der Waals surface area contributed by atoms with Crippen LogP contribution in [0, 0.1) is 5.92 Å². The van der Waals surface area contributed by atoms with Gasteiger partial charge in [-0.1, -0.05) is 6.92 Å². The van der Waals surface area contributed by atoms with E-state index in [1.165, 1.54) is 25.7 Å². The van der Waals surface area contributed by atoms with Crippen molar-refractivity contribution in [2.24, 2.45) is 5.92 Å². The number of nitrogen functional groups attached to an aromatic ring is 1. The number of nitrogens with one attached hydrogen (secondary N) is 1. The second-order valence-electron chi connectivity index (χ2n) is 5.62. The Morgan fingerprint density at radius 1 is 1.35 bits per heavy atom. The maximum Gasteiger partial charge on any atom is 0.338 e. The van der Waals surface area contributed by atoms with E-state index in [1.54, 1.807) is 19.1 Å². The van der Waals surface area contributed by atoms with Gasteiger partial charge in [0.15, 0.2) is 0 Å². The Morgan fingerprint density at radius 3 is 2.65 bits per heavy atom. The van der Waals surface area contributed by atoms with Crippen LogP contribution in [0.15, 0.2) is 18.2 Å². The summed E-state index contributed by atoms with van der Waals surface area (Å²) >= 11 is 0. The molecule has 20 heavy (non-hydrogen) atoms. The van der Waals surface area contributed by atoms with Gasteiger partial charge in [0.2, 0.25) is 0 Å². The summed E-state index contributed by atoms with van der Waals surface area (Å²) in [5.74, 6) is 0.508. The Bertz CT molecular complexity index is 466. The Balaban J connectivity index is 2.00. The van der Waals surface area contributed by atoms with Crippen molar-refractivity contribution in [3.63, 3.8) is 0 Å². The highest BCUT2D eigenvalue weighted by Gasteiger charge is 2.19. The quantitative estimate of drug-likeness (QED) is 0.653. The van der Waals surface area contributed by atoms with Crippen LogP contribution in [0.1, 0.15) is 49.9 Å². The molecule has 4 nitrogen and oxygen atoms in total. The van der Waals surface area contributed by atoms with Gasteiger partial charge in [-0.25, -0.2) is 4.79 Å². The third-order valence-electron chi connectivity index (χ3n) is 3.94. The maximum absolute atomic E-state index is 11.6. The lowest BCUT2D eigenvalue weighted by atomic mass is 9.87. The number of esters is 1. The zero-order valence-corrected chi connectivity index (χ0v) is 12.3. The first-order chi connectivity index (χ1) is 9.60. The first kappa shape index (κ1) is 14.7. The van der Waals surface area contributed by atoms with Crippen LogP contribution in [0.25, 0.3) is 0 Å². The third-order valence-corrected chi connectivity index (χ3v) is 3.94. The minimum absolute atomic E-state index is 0.322. The van der Waals surface area contributed by atoms with Crippen LogP contribution in [0.5, 0.6) is 0 Å². The Hall–Kier alpha value is -1.71. The van der Waals surface area contributed by atoms with Crippen molar-refractivity contribution in [3.8, 4) is 0 Å². The zero-order valence-electron chi connectivity index (χ0n) is 12.3. The van der Waals surface area contributed by atoms with E-state index < -0.39 is 0 Å². The van der Waals surface area contributed by atoms with E-state index in [9.17, 15) is 4.79 Å². The molecule has 2 rings (SSSR count). The molecule has 0 atom stereocenters. The highest BCUT2D eigenvalue weighted by Crippen LogP contribution is 2.28. The number of carbonyl (C=O) groups excluding carboxylic acids is 1. The van der Waals surface area contributed by atoms with Gasteiger partial charge in [0, 0.05) is 6.04 Å². The standard InChI is InChI=1S/C16H24N2O2/c1-3-20-16(19)12-6-9-15(14(17)10-12)18-13-7-4-11(2)5-8-13/h6,9-11,13,18H,3-5,7-8,17H2,1-2H3. The number of carbonyl (C=O) groups is 1. The molecule has 0 radical (unpaired) electrons. The van der Waals surface area contributed by atoms with Gasteiger partial charge in [-0.05, 0) is 56.7 Å². The molecule has 3 N–H and O–H groups in total. The smallest absolute Gasteiger partial charge is 0.338 e. The summed E-state index contributed by atoms with van der Waals surface area (Å²) < 4.78 is 4.97. The second-order valence-corrected chi connectivity index (χ2v) is 5.62. The van der Waals surface area contributed by atoms with Crippen molar-refractivity contribution < 1.29 is 9.53 Å². The van der Waals surface area contributed by atoms with Gasteiger partial charge in [0.25, 0.3) is 0 Å². The Kier molecular flexibility index (Phi) is 4.88. The number of anilines is 2. The molecule has 0 spiro atoms. The molecule has 4 heteroatoms. The number of hydrogen-bond acceptors (Lipinski definition) is 4. The first-order valence-electron chi connectivity index (χ1n) is 7.43. The molecule has 0 saturated heterocycles. The van der Waals surface area contributed by atoms with Crippen molar-refractivity contribution >= 4 is 17.3 Å². The normalized spacial score (nSPS) is 22.3. The van der Waals surface area contributed by atoms with Crippen molar-refractivity contribution in [1.29, 1.82) is 0 Å². The summed E-state index contributed by atoms with van der Waals surface area (Å²) in [6.45, 7) is 4.47. The van der Waals surface area contributed by atoms with Gasteiger partial charge in [-0.2, -0.15) is 0 Å². The molecule has 1 fully saturated rings. The van der Waals surface area contributed by atoms with E-state index in [0.29, 0.717) is 23.9 Å². The second kappa shape index (κ2) is 6.64. The lowest BCUT2D eigenvalue weighted by Crippen LogP contribution is -2.25. The molecule has 0 heterocycles. The molecule has 0 amide bonds. The number of ether oxygens (including phenoxy) is 1. The molecule has 1 aliphatic carbocycles. The van der Waals surface area contributed by atoms with Crippen LogP contribution in [0.3, 0.4) is 0 Å². The number of nitrogens with two attached hydrogens (primary N) is 1. The Morgan fingerprint density at radius 2 is 2.05 bits per heavy atom. The highest BCUT2D eigenvalue weighted by atomic mass is 16.5. The molecule has 0 unspecified atom stereocenters. The predicted molar refractivity (Wildman–Crippen MR) is 81.9 cm³/mol. The minimum Gasteiger partial charge on any atom is -0.462 e. The Labute approximate surface area is 120 Å². The zero-order chi connectivity index (χ0) is 14.5. The summed E-state index contributed by atoms with van der Waals surface area (Å²) in [4.78, 5) is 11.6. The van der Waals surface area contributed by atoms with Crippen LogP contribution in [-0.4, -0.2) is 18.6 Å². The molecule has 1 aromatic rings. The van der Waals surface area contributed by atoms with Crippen LogP contribution >= 0.6 is 0 Å². The molecular weight excluding hydrogens is 252 g/mol. The minimum atomic E-state index is -0.322. The molecule has 0 aromatic heterocycles. The number of hydrogen-bond donors (Lipinski definition) is 2. The van der Waals surface area contributed by atoms with E-state index >= 15 is 0 Å². The van der Waals surface area contributed by atoms with E-state index in [4.69, 9.17) is 10.5 Å². The molecular formula is C16H24N2O2. The fourth-order valence-corrected chi connectivity index (χ4v) is 2.66. The van der Waals surface area contributed by atoms with E-state index in [2.05, 4.69) is 12.2 Å². The number of rotatable bonds is 4. The maximum atomic E-state index is 11.6. The van der Waals surface area contributed by atoms with Crippen LogP contribution in [0.4, 0.5) is 11.4 Å². The molecule has 0 aliphatic heterocycles. The summed E-state index contributed by atoms with van der Waals surface area (Å²) in [7, 11) is 0. The average molecular weight is 276 g/mol. The van der Waals surface area contributed by atoms with Gasteiger partial charge in [0.1, 0.15) is 0 Å². The highest BCUT2D eigenvalue weighted by molar-refractivity contribution is 5.91. The fourth-order valence-electron chi connectivity index (χ4n) is 2.66. The predicted octanol–water partition coefficient (Wildman–Crippen LogP) is 3.44. The topological polar surface area (TPSA) is 64.3 Å². The largest absolute Gasteiger partial charge is 0.462 e. The van der Waals surface area contributed by atoms with Crippen molar-refractivity contribution in [2.45, 2.75) is 45.6 Å². The summed E-state index contributed by atoms with van der Waals surface area (Å²) in [6, 6.07) is 5.81.